The van der Waals surface area contributed by atoms with E-state index in [4.69, 9.17) is 11.6 Å². The zero-order valence-corrected chi connectivity index (χ0v) is 11.0. The van der Waals surface area contributed by atoms with Crippen molar-refractivity contribution in [2.45, 2.75) is 26.8 Å². The largest absolute Gasteiger partial charge is 0.379 e. The third kappa shape index (κ3) is 4.49. The first-order chi connectivity index (χ1) is 8.02. The molecule has 2 N–H and O–H groups in total. The van der Waals surface area contributed by atoms with Gasteiger partial charge in [-0.15, -0.1) is 0 Å². The average molecular weight is 253 g/mol. The minimum Gasteiger partial charge on any atom is -0.379 e. The van der Waals surface area contributed by atoms with E-state index in [1.54, 1.807) is 30.3 Å². The highest BCUT2D eigenvalue weighted by Gasteiger charge is 2.09. The molecule has 1 aromatic rings. The predicted molar refractivity (Wildman–Crippen MR) is 72.1 cm³/mol. The Morgan fingerprint density at radius 1 is 1.29 bits per heavy atom. The van der Waals surface area contributed by atoms with Crippen molar-refractivity contribution in [2.24, 2.45) is 0 Å². The number of allylic oxidation sites excluding steroid dienone is 1. The molecule has 0 aliphatic carbocycles. The summed E-state index contributed by atoms with van der Waals surface area (Å²) in [6.45, 7) is 5.80. The van der Waals surface area contributed by atoms with Crippen LogP contribution in [0.2, 0.25) is 5.02 Å². The monoisotopic (exact) mass is 252 g/mol. The van der Waals surface area contributed by atoms with Crippen molar-refractivity contribution in [3.05, 3.63) is 41.1 Å². The molecule has 92 valence electrons. The maximum atomic E-state index is 11.9. The number of amides is 1. The summed E-state index contributed by atoms with van der Waals surface area (Å²) in [6, 6.07) is 7.23. The Balaban J connectivity index is 2.68. The molecule has 1 rings (SSSR count). The Hall–Kier alpha value is -1.48. The molecule has 1 amide bonds. The Morgan fingerprint density at radius 3 is 2.35 bits per heavy atom. The second kappa shape index (κ2) is 6.30. The molecule has 0 spiro atoms. The highest BCUT2D eigenvalue weighted by molar-refractivity contribution is 6.30. The topological polar surface area (TPSA) is 41.1 Å². The molecule has 0 unspecified atom stereocenters. The number of anilines is 1. The van der Waals surface area contributed by atoms with Crippen molar-refractivity contribution < 1.29 is 4.79 Å². The van der Waals surface area contributed by atoms with Crippen LogP contribution in [0.25, 0.3) is 0 Å². The van der Waals surface area contributed by atoms with E-state index in [9.17, 15) is 4.79 Å². The Labute approximate surface area is 107 Å². The smallest absolute Gasteiger partial charge is 0.271 e. The van der Waals surface area contributed by atoms with Crippen LogP contribution in [0.1, 0.15) is 20.8 Å². The summed E-state index contributed by atoms with van der Waals surface area (Å²) in [5, 5.41) is 6.53. The van der Waals surface area contributed by atoms with E-state index in [-0.39, 0.29) is 11.9 Å². The van der Waals surface area contributed by atoms with Gasteiger partial charge in [-0.2, -0.15) is 0 Å². The first-order valence-electron chi connectivity index (χ1n) is 5.52. The van der Waals surface area contributed by atoms with Crippen LogP contribution in [-0.4, -0.2) is 11.9 Å². The fourth-order valence-corrected chi connectivity index (χ4v) is 1.45. The molecule has 0 aromatic heterocycles. The molecule has 1 aromatic carbocycles. The molecule has 0 atom stereocenters. The quantitative estimate of drug-likeness (QED) is 0.808. The molecule has 0 bridgehead atoms. The fraction of sp³-hybridized carbons (Fsp3) is 0.308. The predicted octanol–water partition coefficient (Wildman–Crippen LogP) is 3.18. The number of nitrogens with one attached hydrogen (secondary N) is 2. The molecule has 0 saturated carbocycles. The number of carbonyl (C=O) groups is 1. The van der Waals surface area contributed by atoms with Gasteiger partial charge in [0.15, 0.2) is 0 Å². The van der Waals surface area contributed by atoms with Crippen LogP contribution >= 0.6 is 11.6 Å². The number of carbonyl (C=O) groups excluding carboxylic acids is 1. The van der Waals surface area contributed by atoms with Crippen LogP contribution in [0.3, 0.4) is 0 Å². The van der Waals surface area contributed by atoms with E-state index in [2.05, 4.69) is 10.6 Å². The van der Waals surface area contributed by atoms with Gasteiger partial charge in [-0.05, 0) is 45.0 Å². The minimum absolute atomic E-state index is 0.150. The third-order valence-corrected chi connectivity index (χ3v) is 2.33. The number of halogens is 1. The molecule has 3 nitrogen and oxygen atoms in total. The molecule has 4 heteroatoms. The lowest BCUT2D eigenvalue weighted by atomic mass is 10.3. The molecule has 0 aliphatic heterocycles. The van der Waals surface area contributed by atoms with E-state index < -0.39 is 0 Å². The molecule has 17 heavy (non-hydrogen) atoms. The van der Waals surface area contributed by atoms with Gasteiger partial charge in [0.1, 0.15) is 0 Å². The standard InChI is InChI=1S/C13H17ClN2O/c1-4-12(15-9(2)3)13(17)16-11-7-5-10(14)6-8-11/h4-9,15H,1-3H3,(H,16,17)/b12-4-. The Bertz CT molecular complexity index is 410. The van der Waals surface area contributed by atoms with Gasteiger partial charge in [0.25, 0.3) is 5.91 Å². The summed E-state index contributed by atoms with van der Waals surface area (Å²) in [6.07, 6.45) is 1.76. The van der Waals surface area contributed by atoms with Crippen molar-refractivity contribution in [3.63, 3.8) is 0 Å². The summed E-state index contributed by atoms with van der Waals surface area (Å²) < 4.78 is 0. The molecular weight excluding hydrogens is 236 g/mol. The van der Waals surface area contributed by atoms with Crippen LogP contribution in [0.4, 0.5) is 5.69 Å². The van der Waals surface area contributed by atoms with E-state index in [0.717, 1.165) is 5.69 Å². The molecule has 0 fully saturated rings. The molecular formula is C13H17ClN2O. The van der Waals surface area contributed by atoms with Gasteiger partial charge in [0.05, 0.1) is 5.70 Å². The van der Waals surface area contributed by atoms with E-state index in [0.29, 0.717) is 10.7 Å². The fourth-order valence-electron chi connectivity index (χ4n) is 1.32. The summed E-state index contributed by atoms with van der Waals surface area (Å²) in [5.41, 5.74) is 1.29. The second-order valence-electron chi connectivity index (χ2n) is 3.96. The average Bonchev–Trinajstić information content (AvgIpc) is 2.28. The number of hydrogen-bond donors (Lipinski definition) is 2. The van der Waals surface area contributed by atoms with Crippen LogP contribution in [-0.2, 0) is 4.79 Å². The van der Waals surface area contributed by atoms with Gasteiger partial charge in [-0.3, -0.25) is 4.79 Å². The van der Waals surface area contributed by atoms with Gasteiger partial charge in [0, 0.05) is 16.8 Å². The van der Waals surface area contributed by atoms with Crippen molar-refractivity contribution in [1.82, 2.24) is 5.32 Å². The van der Waals surface area contributed by atoms with Gasteiger partial charge in [-0.1, -0.05) is 17.7 Å². The summed E-state index contributed by atoms with van der Waals surface area (Å²) in [4.78, 5) is 11.9. The number of hydrogen-bond acceptors (Lipinski definition) is 2. The van der Waals surface area contributed by atoms with Crippen LogP contribution in [0.5, 0.6) is 0 Å². The summed E-state index contributed by atoms with van der Waals surface area (Å²) in [5.74, 6) is -0.150. The Kier molecular flexibility index (Phi) is 5.04. The van der Waals surface area contributed by atoms with Crippen LogP contribution in [0.15, 0.2) is 36.0 Å². The normalized spacial score (nSPS) is 11.5. The second-order valence-corrected chi connectivity index (χ2v) is 4.40. The lowest BCUT2D eigenvalue weighted by molar-refractivity contribution is -0.113. The van der Waals surface area contributed by atoms with E-state index in [1.165, 1.54) is 0 Å². The van der Waals surface area contributed by atoms with Crippen LogP contribution < -0.4 is 10.6 Å². The SMILES string of the molecule is C/C=C(\NC(C)C)C(=O)Nc1ccc(Cl)cc1. The number of benzene rings is 1. The van der Waals surface area contributed by atoms with Gasteiger partial charge in [-0.25, -0.2) is 0 Å². The lowest BCUT2D eigenvalue weighted by Crippen LogP contribution is -2.30. The first-order valence-corrected chi connectivity index (χ1v) is 5.90. The van der Waals surface area contributed by atoms with Crippen molar-refractivity contribution in [1.29, 1.82) is 0 Å². The minimum atomic E-state index is -0.150. The first kappa shape index (κ1) is 13.6. The van der Waals surface area contributed by atoms with Crippen molar-refractivity contribution in [3.8, 4) is 0 Å². The lowest BCUT2D eigenvalue weighted by Gasteiger charge is -2.13. The molecule has 0 radical (unpaired) electrons. The zero-order chi connectivity index (χ0) is 12.8. The molecule has 0 heterocycles. The summed E-state index contributed by atoms with van der Waals surface area (Å²) >= 11 is 5.77. The maximum Gasteiger partial charge on any atom is 0.271 e. The van der Waals surface area contributed by atoms with Crippen molar-refractivity contribution in [2.75, 3.05) is 5.32 Å². The van der Waals surface area contributed by atoms with E-state index >= 15 is 0 Å². The Morgan fingerprint density at radius 2 is 1.88 bits per heavy atom. The maximum absolute atomic E-state index is 11.9. The van der Waals surface area contributed by atoms with Gasteiger partial charge in [0.2, 0.25) is 0 Å². The van der Waals surface area contributed by atoms with E-state index in [1.807, 2.05) is 20.8 Å². The zero-order valence-electron chi connectivity index (χ0n) is 10.3. The summed E-state index contributed by atoms with van der Waals surface area (Å²) in [7, 11) is 0. The third-order valence-electron chi connectivity index (χ3n) is 2.08. The highest BCUT2D eigenvalue weighted by Crippen LogP contribution is 2.13. The van der Waals surface area contributed by atoms with Gasteiger partial charge >= 0.3 is 0 Å². The highest BCUT2D eigenvalue weighted by atomic mass is 35.5. The molecule has 0 aliphatic rings. The number of rotatable bonds is 4. The van der Waals surface area contributed by atoms with Crippen molar-refractivity contribution >= 4 is 23.2 Å². The molecule has 0 saturated heterocycles. The van der Waals surface area contributed by atoms with Gasteiger partial charge < -0.3 is 10.6 Å². The van der Waals surface area contributed by atoms with Crippen LogP contribution in [0, 0.1) is 0 Å².